The number of hydrogen-bond donors (Lipinski definition) is 1. The number of carbonyl (C=O) groups is 1. The van der Waals surface area contributed by atoms with E-state index in [-0.39, 0.29) is 5.91 Å². The van der Waals surface area contributed by atoms with Gasteiger partial charge in [0.15, 0.2) is 0 Å². The van der Waals surface area contributed by atoms with Crippen molar-refractivity contribution in [3.05, 3.63) is 34.3 Å². The lowest BCUT2D eigenvalue weighted by atomic mass is 10.2. The lowest BCUT2D eigenvalue weighted by Gasteiger charge is -2.19. The summed E-state index contributed by atoms with van der Waals surface area (Å²) in [6.45, 7) is 4.91. The van der Waals surface area contributed by atoms with Crippen LogP contribution in [-0.4, -0.2) is 36.5 Å². The summed E-state index contributed by atoms with van der Waals surface area (Å²) in [7, 11) is 0. The minimum atomic E-state index is 0.00292. The van der Waals surface area contributed by atoms with Crippen LogP contribution in [0.5, 0.6) is 0 Å². The Balaban J connectivity index is 1.77. The number of nitrogens with one attached hydrogen (secondary N) is 1. The van der Waals surface area contributed by atoms with Crippen LogP contribution in [0, 0.1) is 0 Å². The third kappa shape index (κ3) is 3.82. The Bertz CT molecular complexity index is 418. The molecule has 1 amide bonds. The molecule has 0 radical (unpaired) electrons. The quantitative estimate of drug-likeness (QED) is 0.876. The van der Waals surface area contributed by atoms with Crippen molar-refractivity contribution in [2.75, 3.05) is 19.6 Å². The number of amides is 1. The Kier molecular flexibility index (Phi) is 4.78. The first-order valence-electron chi connectivity index (χ1n) is 6.48. The Labute approximate surface area is 117 Å². The van der Waals surface area contributed by atoms with Crippen LogP contribution in [0.4, 0.5) is 0 Å². The zero-order valence-corrected chi connectivity index (χ0v) is 12.2. The van der Waals surface area contributed by atoms with E-state index in [0.29, 0.717) is 5.56 Å². The van der Waals surface area contributed by atoms with Gasteiger partial charge in [-0.3, -0.25) is 9.69 Å². The van der Waals surface area contributed by atoms with Crippen molar-refractivity contribution in [2.45, 2.75) is 25.8 Å². The zero-order valence-electron chi connectivity index (χ0n) is 10.7. The van der Waals surface area contributed by atoms with Crippen molar-refractivity contribution < 1.29 is 4.79 Å². The van der Waals surface area contributed by atoms with Gasteiger partial charge in [0.2, 0.25) is 0 Å². The average molecular weight is 311 g/mol. The summed E-state index contributed by atoms with van der Waals surface area (Å²) in [5, 5.41) is 2.97. The smallest absolute Gasteiger partial charge is 0.251 e. The minimum absolute atomic E-state index is 0.00292. The van der Waals surface area contributed by atoms with E-state index in [1.165, 1.54) is 12.8 Å². The molecule has 0 unspecified atom stereocenters. The van der Waals surface area contributed by atoms with Crippen LogP contribution in [0.2, 0.25) is 0 Å². The second kappa shape index (κ2) is 6.34. The van der Waals surface area contributed by atoms with Gasteiger partial charge in [0.05, 0.1) is 0 Å². The second-order valence-electron chi connectivity index (χ2n) is 4.63. The molecule has 0 aliphatic heterocycles. The van der Waals surface area contributed by atoms with E-state index < -0.39 is 0 Å². The molecule has 0 saturated heterocycles. The van der Waals surface area contributed by atoms with Gasteiger partial charge in [-0.1, -0.05) is 28.9 Å². The molecule has 0 aromatic heterocycles. The lowest BCUT2D eigenvalue weighted by molar-refractivity contribution is 0.0948. The Morgan fingerprint density at radius 1 is 1.50 bits per heavy atom. The number of nitrogens with zero attached hydrogens (tertiary/aromatic N) is 1. The predicted octanol–water partition coefficient (Wildman–Crippen LogP) is 2.66. The molecular formula is C14H19BrN2O. The molecule has 98 valence electrons. The van der Waals surface area contributed by atoms with Gasteiger partial charge in [0.25, 0.3) is 5.91 Å². The van der Waals surface area contributed by atoms with Crippen LogP contribution in [0.3, 0.4) is 0 Å². The minimum Gasteiger partial charge on any atom is -0.351 e. The van der Waals surface area contributed by atoms with Crippen molar-refractivity contribution in [1.82, 2.24) is 10.2 Å². The van der Waals surface area contributed by atoms with Crippen molar-refractivity contribution in [3.8, 4) is 0 Å². The summed E-state index contributed by atoms with van der Waals surface area (Å²) in [5.74, 6) is 0.00292. The molecule has 3 nitrogen and oxygen atoms in total. The van der Waals surface area contributed by atoms with Gasteiger partial charge in [-0.15, -0.1) is 0 Å². The molecule has 4 heteroatoms. The lowest BCUT2D eigenvalue weighted by Crippen LogP contribution is -2.36. The molecule has 0 bridgehead atoms. The van der Waals surface area contributed by atoms with Gasteiger partial charge in [0.1, 0.15) is 0 Å². The number of likely N-dealkylation sites (N-methyl/N-ethyl adjacent to an activating group) is 1. The first kappa shape index (κ1) is 13.6. The molecule has 0 spiro atoms. The van der Waals surface area contributed by atoms with Gasteiger partial charge in [-0.25, -0.2) is 0 Å². The van der Waals surface area contributed by atoms with E-state index in [4.69, 9.17) is 0 Å². The van der Waals surface area contributed by atoms with Crippen LogP contribution < -0.4 is 5.32 Å². The third-order valence-corrected chi connectivity index (χ3v) is 3.73. The molecule has 1 saturated carbocycles. The molecule has 1 aromatic carbocycles. The molecule has 0 atom stereocenters. The molecule has 2 rings (SSSR count). The van der Waals surface area contributed by atoms with Gasteiger partial charge in [0, 0.05) is 29.2 Å². The molecule has 1 fully saturated rings. The molecule has 1 aromatic rings. The van der Waals surface area contributed by atoms with Crippen LogP contribution in [0.1, 0.15) is 30.1 Å². The normalized spacial score (nSPS) is 14.8. The fourth-order valence-electron chi connectivity index (χ4n) is 2.08. The molecule has 1 aliphatic rings. The molecule has 0 heterocycles. The maximum atomic E-state index is 11.9. The first-order chi connectivity index (χ1) is 8.70. The Hall–Kier alpha value is -0.870. The fraction of sp³-hybridized carbons (Fsp3) is 0.500. The SMILES string of the molecule is CCN(CCNC(=O)c1cccc(Br)c1)C1CC1. The van der Waals surface area contributed by atoms with Crippen molar-refractivity contribution in [3.63, 3.8) is 0 Å². The monoisotopic (exact) mass is 310 g/mol. The maximum absolute atomic E-state index is 11.9. The van der Waals surface area contributed by atoms with E-state index >= 15 is 0 Å². The largest absolute Gasteiger partial charge is 0.351 e. The maximum Gasteiger partial charge on any atom is 0.251 e. The molecule has 18 heavy (non-hydrogen) atoms. The highest BCUT2D eigenvalue weighted by Gasteiger charge is 2.27. The second-order valence-corrected chi connectivity index (χ2v) is 5.54. The van der Waals surface area contributed by atoms with Gasteiger partial charge >= 0.3 is 0 Å². The van der Waals surface area contributed by atoms with Gasteiger partial charge in [-0.05, 0) is 37.6 Å². The number of benzene rings is 1. The fourth-order valence-corrected chi connectivity index (χ4v) is 2.48. The van der Waals surface area contributed by atoms with Crippen molar-refractivity contribution in [1.29, 1.82) is 0 Å². The van der Waals surface area contributed by atoms with Crippen LogP contribution in [-0.2, 0) is 0 Å². The number of hydrogen-bond acceptors (Lipinski definition) is 2. The topological polar surface area (TPSA) is 32.3 Å². The van der Waals surface area contributed by atoms with E-state index in [2.05, 4.69) is 33.1 Å². The van der Waals surface area contributed by atoms with Crippen molar-refractivity contribution in [2.24, 2.45) is 0 Å². The molecule has 1 aliphatic carbocycles. The van der Waals surface area contributed by atoms with Gasteiger partial charge < -0.3 is 5.32 Å². The molecule has 1 N–H and O–H groups in total. The summed E-state index contributed by atoms with van der Waals surface area (Å²) in [6.07, 6.45) is 2.63. The van der Waals surface area contributed by atoms with Crippen molar-refractivity contribution >= 4 is 21.8 Å². The third-order valence-electron chi connectivity index (χ3n) is 3.24. The van der Waals surface area contributed by atoms with Gasteiger partial charge in [-0.2, -0.15) is 0 Å². The Morgan fingerprint density at radius 3 is 2.89 bits per heavy atom. The molecular weight excluding hydrogens is 292 g/mol. The number of halogens is 1. The number of carbonyl (C=O) groups excluding carboxylic acids is 1. The van der Waals surface area contributed by atoms with E-state index in [0.717, 1.165) is 30.1 Å². The average Bonchev–Trinajstić information content (AvgIpc) is 3.18. The zero-order chi connectivity index (χ0) is 13.0. The highest BCUT2D eigenvalue weighted by Crippen LogP contribution is 2.25. The summed E-state index contributed by atoms with van der Waals surface area (Å²) in [6, 6.07) is 8.23. The summed E-state index contributed by atoms with van der Waals surface area (Å²) >= 11 is 3.37. The highest BCUT2D eigenvalue weighted by atomic mass is 79.9. The summed E-state index contributed by atoms with van der Waals surface area (Å²) in [4.78, 5) is 14.3. The van der Waals surface area contributed by atoms with Crippen LogP contribution in [0.25, 0.3) is 0 Å². The van der Waals surface area contributed by atoms with E-state index in [1.54, 1.807) is 0 Å². The summed E-state index contributed by atoms with van der Waals surface area (Å²) in [5.41, 5.74) is 0.707. The van der Waals surface area contributed by atoms with Crippen LogP contribution in [0.15, 0.2) is 28.7 Å². The highest BCUT2D eigenvalue weighted by molar-refractivity contribution is 9.10. The first-order valence-corrected chi connectivity index (χ1v) is 7.28. The standard InChI is InChI=1S/C14H19BrN2O/c1-2-17(13-6-7-13)9-8-16-14(18)11-4-3-5-12(15)10-11/h3-5,10,13H,2,6-9H2,1H3,(H,16,18). The summed E-state index contributed by atoms with van der Waals surface area (Å²) < 4.78 is 0.934. The predicted molar refractivity (Wildman–Crippen MR) is 76.7 cm³/mol. The van der Waals surface area contributed by atoms with E-state index in [9.17, 15) is 4.79 Å². The number of rotatable bonds is 6. The van der Waals surface area contributed by atoms with Crippen LogP contribution >= 0.6 is 15.9 Å². The Morgan fingerprint density at radius 2 is 2.28 bits per heavy atom. The van der Waals surface area contributed by atoms with E-state index in [1.807, 2.05) is 24.3 Å².